The molecule has 7 nitrogen and oxygen atoms in total. The van der Waals surface area contributed by atoms with E-state index in [0.717, 1.165) is 40.0 Å². The van der Waals surface area contributed by atoms with E-state index in [0.29, 0.717) is 25.3 Å². The van der Waals surface area contributed by atoms with Gasteiger partial charge in [0.15, 0.2) is 5.82 Å². The summed E-state index contributed by atoms with van der Waals surface area (Å²) in [6, 6.07) is 22.5. The number of rotatable bonds is 4. The Hall–Kier alpha value is -4.05. The van der Waals surface area contributed by atoms with Crippen LogP contribution >= 0.6 is 12.4 Å². The van der Waals surface area contributed by atoms with Gasteiger partial charge in [-0.3, -0.25) is 0 Å². The molecule has 198 valence electrons. The first-order valence-electron chi connectivity index (χ1n) is 11.8. The molecule has 5 rings (SSSR count). The molecule has 1 unspecified atom stereocenters. The quantitative estimate of drug-likeness (QED) is 0.324. The highest BCUT2D eigenvalue weighted by atomic mass is 35.5. The van der Waals surface area contributed by atoms with Crippen LogP contribution in [0.2, 0.25) is 0 Å². The number of halogens is 4. The number of fused-ring (bicyclic) bond motifs is 1. The number of nitrogens with one attached hydrogen (secondary N) is 1. The van der Waals surface area contributed by atoms with Gasteiger partial charge in [-0.2, -0.15) is 0 Å². The summed E-state index contributed by atoms with van der Waals surface area (Å²) in [4.78, 5) is 16.7. The average molecular weight is 544 g/mol. The molecule has 4 aromatic rings. The summed E-state index contributed by atoms with van der Waals surface area (Å²) in [5.41, 5.74) is 2.19. The van der Waals surface area contributed by atoms with Crippen LogP contribution in [0.25, 0.3) is 22.0 Å². The maximum atomic E-state index is 12.9. The highest BCUT2D eigenvalue weighted by Gasteiger charge is 2.31. The van der Waals surface area contributed by atoms with Gasteiger partial charge in [-0.25, -0.2) is 4.79 Å². The summed E-state index contributed by atoms with van der Waals surface area (Å²) >= 11 is 0. The van der Waals surface area contributed by atoms with E-state index in [4.69, 9.17) is 0 Å². The predicted octanol–water partition coefficient (Wildman–Crippen LogP) is 6.36. The van der Waals surface area contributed by atoms with Gasteiger partial charge in [-0.1, -0.05) is 54.6 Å². The third kappa shape index (κ3) is 5.91. The standard InChI is InChI=1S/C27H24F3N5O2.ClH/c1-18-17-34(15-16-35(18)26(36)31-20-11-13-21(14-12-20)37-27(28,29)30)25-23-10-6-5-9-22(23)24(32-33-25)19-7-3-2-4-8-19;/h2-14,18H,15-17H2,1H3,(H,31,36);1H. The number of carbonyl (C=O) groups is 1. The molecular weight excluding hydrogens is 519 g/mol. The fraction of sp³-hybridized carbons (Fsp3) is 0.222. The van der Waals surface area contributed by atoms with Crippen molar-refractivity contribution in [2.75, 3.05) is 29.9 Å². The number of anilines is 2. The van der Waals surface area contributed by atoms with Crippen molar-refractivity contribution in [2.24, 2.45) is 0 Å². The van der Waals surface area contributed by atoms with Crippen LogP contribution in [-0.4, -0.2) is 53.2 Å². The lowest BCUT2D eigenvalue weighted by Crippen LogP contribution is -2.55. The molecular formula is C27H25ClF3N5O2. The third-order valence-electron chi connectivity index (χ3n) is 6.24. The van der Waals surface area contributed by atoms with Crippen molar-refractivity contribution in [3.63, 3.8) is 0 Å². The zero-order chi connectivity index (χ0) is 26.0. The third-order valence-corrected chi connectivity index (χ3v) is 6.24. The first-order valence-corrected chi connectivity index (χ1v) is 11.8. The van der Waals surface area contributed by atoms with Crippen molar-refractivity contribution in [1.29, 1.82) is 0 Å². The zero-order valence-electron chi connectivity index (χ0n) is 20.4. The monoisotopic (exact) mass is 543 g/mol. The van der Waals surface area contributed by atoms with Gasteiger partial charge >= 0.3 is 12.4 Å². The zero-order valence-corrected chi connectivity index (χ0v) is 21.2. The van der Waals surface area contributed by atoms with E-state index in [1.54, 1.807) is 4.90 Å². The number of hydrogen-bond donors (Lipinski definition) is 1. The normalized spacial score (nSPS) is 15.6. The topological polar surface area (TPSA) is 70.6 Å². The summed E-state index contributed by atoms with van der Waals surface area (Å²) in [5, 5.41) is 13.9. The van der Waals surface area contributed by atoms with Gasteiger partial charge in [-0.15, -0.1) is 35.8 Å². The van der Waals surface area contributed by atoms with Gasteiger partial charge in [0.25, 0.3) is 0 Å². The molecule has 0 bridgehead atoms. The van der Waals surface area contributed by atoms with Gasteiger partial charge in [0.1, 0.15) is 11.4 Å². The fourth-order valence-corrected chi connectivity index (χ4v) is 4.52. The first kappa shape index (κ1) is 27.0. The average Bonchev–Trinajstić information content (AvgIpc) is 2.88. The number of amides is 2. The summed E-state index contributed by atoms with van der Waals surface area (Å²) in [7, 11) is 0. The Labute approximate surface area is 223 Å². The van der Waals surface area contributed by atoms with Crippen molar-refractivity contribution in [3.8, 4) is 17.0 Å². The number of nitrogens with zero attached hydrogens (tertiary/aromatic N) is 4. The SMILES string of the molecule is CC1CN(c2nnc(-c3ccccc3)c3ccccc23)CCN1C(=O)Nc1ccc(OC(F)(F)F)cc1.Cl. The number of urea groups is 1. The molecule has 1 aliphatic rings. The van der Waals surface area contributed by atoms with E-state index in [9.17, 15) is 18.0 Å². The lowest BCUT2D eigenvalue weighted by Gasteiger charge is -2.40. The molecule has 1 aromatic heterocycles. The van der Waals surface area contributed by atoms with Gasteiger partial charge in [-0.05, 0) is 31.2 Å². The molecule has 0 radical (unpaired) electrons. The molecule has 38 heavy (non-hydrogen) atoms. The number of benzene rings is 3. The smallest absolute Gasteiger partial charge is 0.406 e. The van der Waals surface area contributed by atoms with Gasteiger partial charge in [0.05, 0.1) is 0 Å². The van der Waals surface area contributed by atoms with Crippen molar-refractivity contribution in [1.82, 2.24) is 15.1 Å². The van der Waals surface area contributed by atoms with E-state index in [1.165, 1.54) is 12.1 Å². The number of alkyl halides is 3. The second kappa shape index (κ2) is 11.1. The van der Waals surface area contributed by atoms with Gasteiger partial charge < -0.3 is 19.9 Å². The molecule has 0 aliphatic carbocycles. The van der Waals surface area contributed by atoms with Crippen LogP contribution in [0.5, 0.6) is 5.75 Å². The molecule has 0 spiro atoms. The molecule has 1 N–H and O–H groups in total. The number of carbonyl (C=O) groups excluding carboxylic acids is 1. The lowest BCUT2D eigenvalue weighted by molar-refractivity contribution is -0.274. The van der Waals surface area contributed by atoms with E-state index in [2.05, 4.69) is 25.2 Å². The highest BCUT2D eigenvalue weighted by Crippen LogP contribution is 2.32. The van der Waals surface area contributed by atoms with Crippen molar-refractivity contribution in [2.45, 2.75) is 19.3 Å². The minimum absolute atomic E-state index is 0. The second-order valence-electron chi connectivity index (χ2n) is 8.77. The maximum absolute atomic E-state index is 12.9. The Balaban J connectivity index is 0.00000336. The molecule has 2 amide bonds. The minimum atomic E-state index is -4.77. The van der Waals surface area contributed by atoms with E-state index in [1.807, 2.05) is 61.5 Å². The molecule has 0 saturated carbocycles. The highest BCUT2D eigenvalue weighted by molar-refractivity contribution is 6.00. The number of piperazine rings is 1. The molecule has 3 aromatic carbocycles. The lowest BCUT2D eigenvalue weighted by atomic mass is 10.0. The number of aromatic nitrogens is 2. The summed E-state index contributed by atoms with van der Waals surface area (Å²) in [6.45, 7) is 3.49. The van der Waals surface area contributed by atoms with Crippen LogP contribution in [-0.2, 0) is 0 Å². The van der Waals surface area contributed by atoms with E-state index >= 15 is 0 Å². The van der Waals surface area contributed by atoms with Crippen molar-refractivity contribution in [3.05, 3.63) is 78.9 Å². The van der Waals surface area contributed by atoms with E-state index < -0.39 is 6.36 Å². The Morgan fingerprint density at radius 3 is 2.24 bits per heavy atom. The first-order chi connectivity index (χ1) is 17.8. The van der Waals surface area contributed by atoms with Crippen LogP contribution in [0.15, 0.2) is 78.9 Å². The van der Waals surface area contributed by atoms with Crippen LogP contribution in [0, 0.1) is 0 Å². The Bertz CT molecular complexity index is 1400. The molecule has 2 heterocycles. The summed E-state index contributed by atoms with van der Waals surface area (Å²) < 4.78 is 41.0. The number of hydrogen-bond acceptors (Lipinski definition) is 5. The minimum Gasteiger partial charge on any atom is -0.406 e. The Morgan fingerprint density at radius 2 is 1.58 bits per heavy atom. The molecule has 1 aliphatic heterocycles. The van der Waals surface area contributed by atoms with Crippen LogP contribution in [0.4, 0.5) is 29.5 Å². The summed E-state index contributed by atoms with van der Waals surface area (Å²) in [6.07, 6.45) is -4.77. The second-order valence-corrected chi connectivity index (χ2v) is 8.77. The Kier molecular flexibility index (Phi) is 7.91. The van der Waals surface area contributed by atoms with Gasteiger partial charge in [0, 0.05) is 47.7 Å². The van der Waals surface area contributed by atoms with Gasteiger partial charge in [0.2, 0.25) is 0 Å². The molecule has 1 saturated heterocycles. The number of ether oxygens (including phenoxy) is 1. The molecule has 1 fully saturated rings. The van der Waals surface area contributed by atoms with E-state index in [-0.39, 0.29) is 30.2 Å². The largest absolute Gasteiger partial charge is 0.573 e. The van der Waals surface area contributed by atoms with Crippen LogP contribution in [0.1, 0.15) is 6.92 Å². The van der Waals surface area contributed by atoms with Crippen LogP contribution < -0.4 is 15.0 Å². The molecule has 1 atom stereocenters. The van der Waals surface area contributed by atoms with Crippen molar-refractivity contribution < 1.29 is 22.7 Å². The maximum Gasteiger partial charge on any atom is 0.573 e. The van der Waals surface area contributed by atoms with Crippen molar-refractivity contribution >= 4 is 40.7 Å². The fourth-order valence-electron chi connectivity index (χ4n) is 4.52. The predicted molar refractivity (Wildman–Crippen MR) is 143 cm³/mol. The van der Waals surface area contributed by atoms with Crippen LogP contribution in [0.3, 0.4) is 0 Å². The summed E-state index contributed by atoms with van der Waals surface area (Å²) in [5.74, 6) is 0.418. The Morgan fingerprint density at radius 1 is 0.921 bits per heavy atom. The molecule has 11 heteroatoms.